The monoisotopic (exact) mass is 236 g/mol. The molecule has 0 amide bonds. The summed E-state index contributed by atoms with van der Waals surface area (Å²) >= 11 is 0.945. The predicted molar refractivity (Wildman–Crippen MR) is 48.4 cm³/mol. The van der Waals surface area contributed by atoms with Crippen LogP contribution in [0.3, 0.4) is 0 Å². The molecule has 80 valence electrons. The third-order valence-corrected chi connectivity index (χ3v) is 2.89. The zero-order valence-electron chi connectivity index (χ0n) is 7.10. The van der Waals surface area contributed by atoms with E-state index >= 15 is 0 Å². The molecule has 0 saturated carbocycles. The second-order valence-corrected chi connectivity index (χ2v) is 3.83. The number of phenolic OH excluding ortho intramolecular Hbond substituents is 1. The number of phenols is 1. The van der Waals surface area contributed by atoms with Gasteiger partial charge in [0.1, 0.15) is 11.6 Å². The third kappa shape index (κ3) is 1.54. The van der Waals surface area contributed by atoms with E-state index < -0.39 is 23.3 Å². The van der Waals surface area contributed by atoms with Gasteiger partial charge in [0, 0.05) is 10.1 Å². The molecule has 0 saturated heterocycles. The Bertz CT molecular complexity index is 515. The molecule has 0 fully saturated rings. The lowest BCUT2D eigenvalue weighted by molar-refractivity contribution is -0.138. The maximum atomic E-state index is 13.1. The Morgan fingerprint density at radius 1 is 1.20 bits per heavy atom. The molecule has 1 nitrogen and oxygen atoms in total. The second kappa shape index (κ2) is 3.10. The van der Waals surface area contributed by atoms with E-state index in [0.717, 1.165) is 28.8 Å². The quantitative estimate of drug-likeness (QED) is 0.690. The molecular weight excluding hydrogens is 232 g/mol. The fraction of sp³-hybridized carbons (Fsp3) is 0.111. The summed E-state index contributed by atoms with van der Waals surface area (Å²) < 4.78 is 50.4. The van der Waals surface area contributed by atoms with Gasteiger partial charge in [-0.25, -0.2) is 4.39 Å². The molecule has 0 aliphatic rings. The predicted octanol–water partition coefficient (Wildman–Crippen LogP) is 3.76. The zero-order chi connectivity index (χ0) is 11.2. The molecule has 0 bridgehead atoms. The summed E-state index contributed by atoms with van der Waals surface area (Å²) in [7, 11) is 0. The van der Waals surface area contributed by atoms with Gasteiger partial charge in [0.2, 0.25) is 0 Å². The van der Waals surface area contributed by atoms with Gasteiger partial charge in [-0.15, -0.1) is 11.3 Å². The van der Waals surface area contributed by atoms with Gasteiger partial charge in [-0.1, -0.05) is 0 Å². The highest BCUT2D eigenvalue weighted by Gasteiger charge is 2.35. The van der Waals surface area contributed by atoms with Gasteiger partial charge in [-0.3, -0.25) is 0 Å². The highest BCUT2D eigenvalue weighted by Crippen LogP contribution is 2.42. The number of hydrogen-bond acceptors (Lipinski definition) is 2. The van der Waals surface area contributed by atoms with E-state index in [1.807, 2.05) is 0 Å². The lowest BCUT2D eigenvalue weighted by atomic mass is 10.1. The van der Waals surface area contributed by atoms with Crippen LogP contribution in [0.2, 0.25) is 0 Å². The highest BCUT2D eigenvalue weighted by molar-refractivity contribution is 7.17. The first-order chi connectivity index (χ1) is 6.91. The molecule has 2 rings (SSSR count). The van der Waals surface area contributed by atoms with Crippen LogP contribution in [0, 0.1) is 5.82 Å². The largest absolute Gasteiger partial charge is 0.507 e. The Morgan fingerprint density at radius 3 is 2.47 bits per heavy atom. The Balaban J connectivity index is 2.80. The lowest BCUT2D eigenvalue weighted by Crippen LogP contribution is -2.04. The first-order valence-corrected chi connectivity index (χ1v) is 4.75. The van der Waals surface area contributed by atoms with E-state index in [2.05, 4.69) is 0 Å². The SMILES string of the molecule is Oc1c(C(F)(F)F)ccc2scc(F)c12. The van der Waals surface area contributed by atoms with Gasteiger partial charge in [0.05, 0.1) is 10.9 Å². The molecule has 0 spiro atoms. The number of rotatable bonds is 0. The van der Waals surface area contributed by atoms with E-state index in [0.29, 0.717) is 0 Å². The van der Waals surface area contributed by atoms with Crippen molar-refractivity contribution in [2.75, 3.05) is 0 Å². The summed E-state index contributed by atoms with van der Waals surface area (Å²) in [6.07, 6.45) is -4.67. The molecular formula is C9H4F4OS. The summed E-state index contributed by atoms with van der Waals surface area (Å²) in [5, 5.41) is 10.00. The number of fused-ring (bicyclic) bond motifs is 1. The van der Waals surface area contributed by atoms with Gasteiger partial charge in [-0.2, -0.15) is 13.2 Å². The van der Waals surface area contributed by atoms with Gasteiger partial charge in [0.15, 0.2) is 0 Å². The van der Waals surface area contributed by atoms with Crippen LogP contribution in [-0.4, -0.2) is 5.11 Å². The van der Waals surface area contributed by atoms with Crippen LogP contribution in [-0.2, 0) is 6.18 Å². The van der Waals surface area contributed by atoms with Gasteiger partial charge < -0.3 is 5.11 Å². The van der Waals surface area contributed by atoms with Crippen LogP contribution in [0.4, 0.5) is 17.6 Å². The topological polar surface area (TPSA) is 20.2 Å². The van der Waals surface area contributed by atoms with E-state index in [9.17, 15) is 22.7 Å². The van der Waals surface area contributed by atoms with Crippen LogP contribution in [0.15, 0.2) is 17.5 Å². The Hall–Kier alpha value is -1.30. The van der Waals surface area contributed by atoms with Crippen molar-refractivity contribution in [3.63, 3.8) is 0 Å². The van der Waals surface area contributed by atoms with E-state index in [1.165, 1.54) is 0 Å². The maximum absolute atomic E-state index is 13.1. The minimum Gasteiger partial charge on any atom is -0.507 e. The number of thiophene rings is 1. The van der Waals surface area contributed by atoms with Crippen molar-refractivity contribution in [2.24, 2.45) is 0 Å². The Labute approximate surface area is 85.6 Å². The minimum atomic E-state index is -4.67. The Morgan fingerprint density at radius 2 is 1.87 bits per heavy atom. The zero-order valence-corrected chi connectivity index (χ0v) is 7.92. The minimum absolute atomic E-state index is 0.290. The fourth-order valence-corrected chi connectivity index (χ4v) is 2.11. The number of aromatic hydroxyl groups is 1. The van der Waals surface area contributed by atoms with Gasteiger partial charge in [-0.05, 0) is 12.1 Å². The van der Waals surface area contributed by atoms with Crippen molar-refractivity contribution < 1.29 is 22.7 Å². The van der Waals surface area contributed by atoms with Crippen LogP contribution in [0.1, 0.15) is 5.56 Å². The van der Waals surface area contributed by atoms with E-state index in [-0.39, 0.29) is 10.1 Å². The number of benzene rings is 1. The van der Waals surface area contributed by atoms with E-state index in [1.54, 1.807) is 0 Å². The van der Waals surface area contributed by atoms with Crippen LogP contribution in [0.5, 0.6) is 5.75 Å². The molecule has 0 aliphatic carbocycles. The van der Waals surface area contributed by atoms with Crippen molar-refractivity contribution in [3.05, 3.63) is 28.9 Å². The standard InChI is InChI=1S/C9H4F4OS/c10-5-3-15-6-2-1-4(9(11,12)13)8(14)7(5)6/h1-3,14H. The van der Waals surface area contributed by atoms with E-state index in [4.69, 9.17) is 0 Å². The summed E-state index contributed by atoms with van der Waals surface area (Å²) in [5.74, 6) is -1.88. The molecule has 0 atom stereocenters. The van der Waals surface area contributed by atoms with Crippen molar-refractivity contribution in [1.82, 2.24) is 0 Å². The summed E-state index contributed by atoms with van der Waals surface area (Å²) in [6, 6.07) is 1.89. The number of hydrogen-bond donors (Lipinski definition) is 1. The Kier molecular flexibility index (Phi) is 2.11. The van der Waals surface area contributed by atoms with Crippen LogP contribution >= 0.6 is 11.3 Å². The van der Waals surface area contributed by atoms with Gasteiger partial charge in [0.25, 0.3) is 0 Å². The highest BCUT2D eigenvalue weighted by atomic mass is 32.1. The van der Waals surface area contributed by atoms with Crippen molar-refractivity contribution >= 4 is 21.4 Å². The molecule has 0 unspecified atom stereocenters. The fourth-order valence-electron chi connectivity index (χ4n) is 1.30. The average Bonchev–Trinajstić information content (AvgIpc) is 2.46. The summed E-state index contributed by atoms with van der Waals surface area (Å²) in [5.41, 5.74) is -1.22. The average molecular weight is 236 g/mol. The second-order valence-electron chi connectivity index (χ2n) is 2.92. The molecule has 2 aromatic rings. The molecule has 1 aromatic heterocycles. The maximum Gasteiger partial charge on any atom is 0.419 e. The van der Waals surface area contributed by atoms with Gasteiger partial charge >= 0.3 is 6.18 Å². The summed E-state index contributed by atoms with van der Waals surface area (Å²) in [4.78, 5) is 0. The number of alkyl halides is 3. The van der Waals surface area contributed by atoms with Crippen molar-refractivity contribution in [3.8, 4) is 5.75 Å². The smallest absolute Gasteiger partial charge is 0.419 e. The molecule has 0 aliphatic heterocycles. The van der Waals surface area contributed by atoms with Crippen molar-refractivity contribution in [2.45, 2.75) is 6.18 Å². The summed E-state index contributed by atoms with van der Waals surface area (Å²) in [6.45, 7) is 0. The molecule has 15 heavy (non-hydrogen) atoms. The molecule has 6 heteroatoms. The lowest BCUT2D eigenvalue weighted by Gasteiger charge is -2.09. The molecule has 1 heterocycles. The third-order valence-electron chi connectivity index (χ3n) is 1.97. The van der Waals surface area contributed by atoms with Crippen LogP contribution < -0.4 is 0 Å². The first-order valence-electron chi connectivity index (χ1n) is 3.87. The molecule has 1 N–H and O–H groups in total. The van der Waals surface area contributed by atoms with Crippen LogP contribution in [0.25, 0.3) is 10.1 Å². The molecule has 1 aromatic carbocycles. The van der Waals surface area contributed by atoms with Crippen molar-refractivity contribution in [1.29, 1.82) is 0 Å². The number of halogens is 4. The normalized spacial score (nSPS) is 12.3. The molecule has 0 radical (unpaired) electrons. The first kappa shape index (κ1) is 10.2.